The van der Waals surface area contributed by atoms with Gasteiger partial charge >= 0.3 is 0 Å². The molecule has 0 radical (unpaired) electrons. The molecule has 1 aliphatic carbocycles. The highest BCUT2D eigenvalue weighted by molar-refractivity contribution is 7.10. The highest BCUT2D eigenvalue weighted by Gasteiger charge is 2.27. The molecule has 2 N–H and O–H groups in total. The predicted molar refractivity (Wildman–Crippen MR) is 66.0 cm³/mol. The number of nitrogens with zero attached hydrogens (tertiary/aromatic N) is 2. The summed E-state index contributed by atoms with van der Waals surface area (Å²) in [5, 5.41) is 10.3. The van der Waals surface area contributed by atoms with Crippen LogP contribution in [0.15, 0.2) is 15.9 Å². The summed E-state index contributed by atoms with van der Waals surface area (Å²) in [6.45, 7) is 1.86. The van der Waals surface area contributed by atoms with Crippen molar-refractivity contribution in [3.63, 3.8) is 0 Å². The van der Waals surface area contributed by atoms with Crippen molar-refractivity contribution in [2.75, 3.05) is 0 Å². The van der Waals surface area contributed by atoms with Gasteiger partial charge in [0.25, 0.3) is 0 Å². The van der Waals surface area contributed by atoms with Crippen LogP contribution in [-0.4, -0.2) is 10.2 Å². The second-order valence-electron chi connectivity index (χ2n) is 4.51. The summed E-state index contributed by atoms with van der Waals surface area (Å²) in [5.74, 6) is 1.52. The van der Waals surface area contributed by atoms with Gasteiger partial charge in [0.2, 0.25) is 11.8 Å². The number of rotatable bonds is 2. The van der Waals surface area contributed by atoms with Crippen LogP contribution in [0.3, 0.4) is 0 Å². The van der Waals surface area contributed by atoms with Crippen LogP contribution in [-0.2, 0) is 6.42 Å². The Kier molecular flexibility index (Phi) is 2.72. The molecule has 0 aromatic carbocycles. The molecule has 2 atom stereocenters. The normalized spacial score (nSPS) is 21.2. The van der Waals surface area contributed by atoms with Gasteiger partial charge in [0.05, 0.1) is 12.0 Å². The number of fused-ring (bicyclic) bond motifs is 1. The molecule has 0 saturated heterocycles. The molecule has 17 heavy (non-hydrogen) atoms. The fourth-order valence-electron chi connectivity index (χ4n) is 2.31. The molecule has 0 bridgehead atoms. The quantitative estimate of drug-likeness (QED) is 0.888. The first-order valence-electron chi connectivity index (χ1n) is 5.91. The summed E-state index contributed by atoms with van der Waals surface area (Å²) in [6.07, 6.45) is 3.45. The molecular weight excluding hydrogens is 234 g/mol. The van der Waals surface area contributed by atoms with Crippen molar-refractivity contribution < 1.29 is 4.42 Å². The van der Waals surface area contributed by atoms with Gasteiger partial charge in [-0.1, -0.05) is 0 Å². The van der Waals surface area contributed by atoms with Gasteiger partial charge in [-0.05, 0) is 43.2 Å². The molecule has 1 aliphatic rings. The van der Waals surface area contributed by atoms with Crippen LogP contribution in [0.4, 0.5) is 0 Å². The first-order chi connectivity index (χ1) is 8.25. The highest BCUT2D eigenvalue weighted by atomic mass is 32.1. The molecular formula is C12H15N3OS. The number of aryl methyl sites for hydroxylation is 1. The van der Waals surface area contributed by atoms with Crippen LogP contribution < -0.4 is 5.73 Å². The molecule has 0 amide bonds. The average molecular weight is 249 g/mol. The van der Waals surface area contributed by atoms with E-state index < -0.39 is 0 Å². The van der Waals surface area contributed by atoms with E-state index in [1.54, 1.807) is 0 Å². The summed E-state index contributed by atoms with van der Waals surface area (Å²) in [5.41, 5.74) is 7.10. The molecule has 0 aliphatic heterocycles. The molecule has 2 aromatic heterocycles. The topological polar surface area (TPSA) is 64.9 Å². The Morgan fingerprint density at radius 1 is 1.53 bits per heavy atom. The smallest absolute Gasteiger partial charge is 0.232 e. The van der Waals surface area contributed by atoms with E-state index in [0.717, 1.165) is 12.3 Å². The summed E-state index contributed by atoms with van der Waals surface area (Å²) < 4.78 is 5.67. The number of hydrogen-bond acceptors (Lipinski definition) is 5. The van der Waals surface area contributed by atoms with Gasteiger partial charge in [-0.2, -0.15) is 0 Å². The maximum Gasteiger partial charge on any atom is 0.232 e. The summed E-state index contributed by atoms with van der Waals surface area (Å²) in [6, 6.07) is 1.99. The minimum Gasteiger partial charge on any atom is -0.423 e. The fourth-order valence-corrected chi connectivity index (χ4v) is 3.30. The average Bonchev–Trinajstić information content (AvgIpc) is 2.97. The van der Waals surface area contributed by atoms with E-state index in [0.29, 0.717) is 5.89 Å². The van der Waals surface area contributed by atoms with Crippen LogP contribution in [0, 0.1) is 0 Å². The molecule has 2 unspecified atom stereocenters. The molecule has 0 spiro atoms. The summed E-state index contributed by atoms with van der Waals surface area (Å²) >= 11 is 1.82. The van der Waals surface area contributed by atoms with E-state index in [-0.39, 0.29) is 12.0 Å². The highest BCUT2D eigenvalue weighted by Crippen LogP contribution is 2.38. The van der Waals surface area contributed by atoms with Gasteiger partial charge < -0.3 is 10.2 Å². The largest absolute Gasteiger partial charge is 0.423 e. The Labute approximate surface area is 104 Å². The Morgan fingerprint density at radius 3 is 3.18 bits per heavy atom. The van der Waals surface area contributed by atoms with Crippen molar-refractivity contribution in [1.29, 1.82) is 0 Å². The van der Waals surface area contributed by atoms with Gasteiger partial charge in [-0.15, -0.1) is 21.5 Å². The van der Waals surface area contributed by atoms with E-state index in [1.807, 2.05) is 18.3 Å². The minimum absolute atomic E-state index is 0.193. The Morgan fingerprint density at radius 2 is 2.41 bits per heavy atom. The third-order valence-corrected chi connectivity index (χ3v) is 4.19. The Bertz CT molecular complexity index is 517. The van der Waals surface area contributed by atoms with Gasteiger partial charge in [0.15, 0.2) is 0 Å². The molecule has 3 rings (SSSR count). The minimum atomic E-state index is -0.193. The zero-order chi connectivity index (χ0) is 11.8. The molecule has 5 heteroatoms. The lowest BCUT2D eigenvalue weighted by Crippen LogP contribution is -2.08. The van der Waals surface area contributed by atoms with Crippen molar-refractivity contribution >= 4 is 11.3 Å². The van der Waals surface area contributed by atoms with Gasteiger partial charge in [0.1, 0.15) is 0 Å². The lowest BCUT2D eigenvalue weighted by atomic mass is 9.88. The zero-order valence-electron chi connectivity index (χ0n) is 9.72. The van der Waals surface area contributed by atoms with E-state index in [2.05, 4.69) is 21.6 Å². The van der Waals surface area contributed by atoms with Crippen molar-refractivity contribution in [1.82, 2.24) is 10.2 Å². The molecule has 0 saturated carbocycles. The second-order valence-corrected chi connectivity index (χ2v) is 5.51. The van der Waals surface area contributed by atoms with E-state index in [4.69, 9.17) is 10.2 Å². The van der Waals surface area contributed by atoms with Crippen molar-refractivity contribution in [3.05, 3.63) is 33.7 Å². The fraction of sp³-hybridized carbons (Fsp3) is 0.500. The maximum atomic E-state index is 5.74. The first kappa shape index (κ1) is 10.9. The lowest BCUT2D eigenvalue weighted by Gasteiger charge is -2.19. The second kappa shape index (κ2) is 4.23. The van der Waals surface area contributed by atoms with E-state index >= 15 is 0 Å². The number of thiophene rings is 1. The Balaban J connectivity index is 1.95. The zero-order valence-corrected chi connectivity index (χ0v) is 10.5. The molecule has 2 aromatic rings. The SMILES string of the molecule is CC(N)c1nnc(C2CCCc3sccc32)o1. The van der Waals surface area contributed by atoms with Crippen molar-refractivity contribution in [3.8, 4) is 0 Å². The van der Waals surface area contributed by atoms with E-state index in [1.165, 1.54) is 23.3 Å². The van der Waals surface area contributed by atoms with Crippen LogP contribution in [0.1, 0.15) is 53.9 Å². The van der Waals surface area contributed by atoms with Crippen LogP contribution >= 0.6 is 11.3 Å². The van der Waals surface area contributed by atoms with Gasteiger partial charge in [-0.25, -0.2) is 0 Å². The van der Waals surface area contributed by atoms with Gasteiger partial charge in [0, 0.05) is 4.88 Å². The van der Waals surface area contributed by atoms with Crippen molar-refractivity contribution in [2.24, 2.45) is 5.73 Å². The first-order valence-corrected chi connectivity index (χ1v) is 6.79. The maximum absolute atomic E-state index is 5.74. The van der Waals surface area contributed by atoms with E-state index in [9.17, 15) is 0 Å². The molecule has 2 heterocycles. The monoisotopic (exact) mass is 249 g/mol. The predicted octanol–water partition coefficient (Wildman–Crippen LogP) is 2.62. The van der Waals surface area contributed by atoms with Crippen LogP contribution in [0.25, 0.3) is 0 Å². The molecule has 4 nitrogen and oxygen atoms in total. The molecule has 0 fully saturated rings. The Hall–Kier alpha value is -1.20. The number of hydrogen-bond donors (Lipinski definition) is 1. The third-order valence-electron chi connectivity index (χ3n) is 3.20. The summed E-state index contributed by atoms with van der Waals surface area (Å²) in [4.78, 5) is 1.46. The number of aromatic nitrogens is 2. The summed E-state index contributed by atoms with van der Waals surface area (Å²) in [7, 11) is 0. The van der Waals surface area contributed by atoms with Gasteiger partial charge in [-0.3, -0.25) is 0 Å². The van der Waals surface area contributed by atoms with Crippen molar-refractivity contribution in [2.45, 2.75) is 38.1 Å². The molecule has 90 valence electrons. The standard InChI is InChI=1S/C12H15N3OS/c1-7(13)11-14-15-12(16-11)9-3-2-4-10-8(9)5-6-17-10/h5-7,9H,2-4,13H2,1H3. The van der Waals surface area contributed by atoms with Crippen LogP contribution in [0.5, 0.6) is 0 Å². The third kappa shape index (κ3) is 1.89. The lowest BCUT2D eigenvalue weighted by molar-refractivity contribution is 0.399. The number of nitrogens with two attached hydrogens (primary N) is 1. The van der Waals surface area contributed by atoms with Crippen LogP contribution in [0.2, 0.25) is 0 Å².